The molecule has 3 nitrogen and oxygen atoms in total. The number of aromatic nitrogens is 2. The molecule has 0 saturated heterocycles. The van der Waals surface area contributed by atoms with Crippen molar-refractivity contribution in [1.29, 1.82) is 0 Å². The molecule has 1 heterocycles. The van der Waals surface area contributed by atoms with E-state index in [1.807, 2.05) is 0 Å². The van der Waals surface area contributed by atoms with Gasteiger partial charge >= 0.3 is 0 Å². The molecule has 1 fully saturated rings. The van der Waals surface area contributed by atoms with Gasteiger partial charge in [0.2, 0.25) is 0 Å². The van der Waals surface area contributed by atoms with Crippen LogP contribution in [0.2, 0.25) is 0 Å². The Morgan fingerprint density at radius 1 is 1.35 bits per heavy atom. The third kappa shape index (κ3) is 2.54. The van der Waals surface area contributed by atoms with Crippen LogP contribution in [0.25, 0.3) is 0 Å². The van der Waals surface area contributed by atoms with Crippen LogP contribution in [0, 0.1) is 19.8 Å². The van der Waals surface area contributed by atoms with Gasteiger partial charge in [0, 0.05) is 23.8 Å². The maximum absolute atomic E-state index is 6.16. The quantitative estimate of drug-likeness (QED) is 0.871. The lowest BCUT2D eigenvalue weighted by atomic mass is 10.0. The largest absolute Gasteiger partial charge is 0.324 e. The molecular formula is C14H25N3. The topological polar surface area (TPSA) is 43.8 Å². The Kier molecular flexibility index (Phi) is 3.87. The molecule has 0 spiro atoms. The number of hydrogen-bond acceptors (Lipinski definition) is 2. The Morgan fingerprint density at radius 2 is 2.00 bits per heavy atom. The van der Waals surface area contributed by atoms with E-state index in [9.17, 15) is 0 Å². The van der Waals surface area contributed by atoms with Gasteiger partial charge in [-0.05, 0) is 39.0 Å². The molecule has 2 N–H and O–H groups in total. The molecule has 1 saturated carbocycles. The van der Waals surface area contributed by atoms with Crippen LogP contribution in [-0.2, 0) is 6.54 Å². The maximum atomic E-state index is 6.16. The molecule has 0 radical (unpaired) electrons. The SMILES string of the molecule is CCC(N)c1c(C)nn(CC2CCCC2)c1C. The second-order valence-electron chi connectivity index (χ2n) is 5.43. The highest BCUT2D eigenvalue weighted by molar-refractivity contribution is 5.27. The molecule has 1 aliphatic carbocycles. The first-order valence-corrected chi connectivity index (χ1v) is 6.93. The summed E-state index contributed by atoms with van der Waals surface area (Å²) in [4.78, 5) is 0. The van der Waals surface area contributed by atoms with Crippen LogP contribution in [0.5, 0.6) is 0 Å². The third-order valence-corrected chi connectivity index (χ3v) is 4.15. The predicted octanol–water partition coefficient (Wildman–Crippen LogP) is 3.10. The van der Waals surface area contributed by atoms with Gasteiger partial charge in [-0.25, -0.2) is 0 Å². The van der Waals surface area contributed by atoms with Crippen molar-refractivity contribution in [2.75, 3.05) is 0 Å². The Hall–Kier alpha value is -0.830. The molecule has 0 bridgehead atoms. The summed E-state index contributed by atoms with van der Waals surface area (Å²) in [6.45, 7) is 7.48. The van der Waals surface area contributed by atoms with E-state index in [0.717, 1.165) is 24.6 Å². The van der Waals surface area contributed by atoms with E-state index in [2.05, 4.69) is 30.6 Å². The summed E-state index contributed by atoms with van der Waals surface area (Å²) >= 11 is 0. The first-order chi connectivity index (χ1) is 8.13. The smallest absolute Gasteiger partial charge is 0.0644 e. The second kappa shape index (κ2) is 5.21. The average molecular weight is 235 g/mol. The van der Waals surface area contributed by atoms with Gasteiger partial charge in [-0.3, -0.25) is 4.68 Å². The zero-order valence-electron chi connectivity index (χ0n) is 11.4. The number of nitrogens with zero attached hydrogens (tertiary/aromatic N) is 2. The van der Waals surface area contributed by atoms with Crippen LogP contribution < -0.4 is 5.73 Å². The molecular weight excluding hydrogens is 210 g/mol. The van der Waals surface area contributed by atoms with Gasteiger partial charge in [-0.15, -0.1) is 0 Å². The molecule has 1 aromatic heterocycles. The standard InChI is InChI=1S/C14H25N3/c1-4-13(15)14-10(2)16-17(11(14)3)9-12-7-5-6-8-12/h12-13H,4-9,15H2,1-3H3. The predicted molar refractivity (Wildman–Crippen MR) is 70.9 cm³/mol. The highest BCUT2D eigenvalue weighted by Gasteiger charge is 2.20. The summed E-state index contributed by atoms with van der Waals surface area (Å²) in [6, 6.07) is 0.146. The highest BCUT2D eigenvalue weighted by Crippen LogP contribution is 2.28. The number of nitrogens with two attached hydrogens (primary N) is 1. The van der Waals surface area contributed by atoms with Crippen LogP contribution in [0.3, 0.4) is 0 Å². The zero-order valence-corrected chi connectivity index (χ0v) is 11.4. The van der Waals surface area contributed by atoms with Gasteiger partial charge < -0.3 is 5.73 Å². The van der Waals surface area contributed by atoms with Crippen LogP contribution in [0.15, 0.2) is 0 Å². The first-order valence-electron chi connectivity index (χ1n) is 6.93. The summed E-state index contributed by atoms with van der Waals surface area (Å²) in [5.74, 6) is 0.832. The van der Waals surface area contributed by atoms with E-state index in [-0.39, 0.29) is 6.04 Å². The Labute approximate surface area is 104 Å². The summed E-state index contributed by atoms with van der Waals surface area (Å²) in [5.41, 5.74) is 9.83. The highest BCUT2D eigenvalue weighted by atomic mass is 15.3. The van der Waals surface area contributed by atoms with Gasteiger partial charge in [0.05, 0.1) is 5.69 Å². The van der Waals surface area contributed by atoms with Crippen LogP contribution in [-0.4, -0.2) is 9.78 Å². The van der Waals surface area contributed by atoms with E-state index in [1.54, 1.807) is 0 Å². The molecule has 1 atom stereocenters. The van der Waals surface area contributed by atoms with Crippen LogP contribution in [0.4, 0.5) is 0 Å². The van der Waals surface area contributed by atoms with Crippen molar-refractivity contribution in [1.82, 2.24) is 9.78 Å². The normalized spacial score (nSPS) is 18.8. The number of hydrogen-bond donors (Lipinski definition) is 1. The maximum Gasteiger partial charge on any atom is 0.0644 e. The zero-order chi connectivity index (χ0) is 12.4. The molecule has 1 aromatic rings. The van der Waals surface area contributed by atoms with E-state index < -0.39 is 0 Å². The van der Waals surface area contributed by atoms with Gasteiger partial charge in [0.15, 0.2) is 0 Å². The van der Waals surface area contributed by atoms with E-state index >= 15 is 0 Å². The summed E-state index contributed by atoms with van der Waals surface area (Å²) in [7, 11) is 0. The molecule has 2 rings (SSSR count). The number of aryl methyl sites for hydroxylation is 1. The van der Waals surface area contributed by atoms with Crippen molar-refractivity contribution in [3.63, 3.8) is 0 Å². The molecule has 17 heavy (non-hydrogen) atoms. The molecule has 1 aliphatic rings. The molecule has 3 heteroatoms. The van der Waals surface area contributed by atoms with Crippen molar-refractivity contribution < 1.29 is 0 Å². The van der Waals surface area contributed by atoms with Gasteiger partial charge in [-0.1, -0.05) is 19.8 Å². The van der Waals surface area contributed by atoms with Crippen molar-refractivity contribution >= 4 is 0 Å². The van der Waals surface area contributed by atoms with Gasteiger partial charge in [0.25, 0.3) is 0 Å². The lowest BCUT2D eigenvalue weighted by Gasteiger charge is -2.12. The summed E-state index contributed by atoms with van der Waals surface area (Å²) in [6.07, 6.45) is 6.51. The van der Waals surface area contributed by atoms with Crippen LogP contribution >= 0.6 is 0 Å². The first kappa shape index (κ1) is 12.6. The fourth-order valence-corrected chi connectivity index (χ4v) is 3.07. The van der Waals surface area contributed by atoms with Gasteiger partial charge in [-0.2, -0.15) is 5.10 Å². The molecule has 0 amide bonds. The molecule has 1 unspecified atom stereocenters. The summed E-state index contributed by atoms with van der Waals surface area (Å²) in [5, 5.41) is 4.68. The Balaban J connectivity index is 2.17. The lowest BCUT2D eigenvalue weighted by Crippen LogP contribution is -2.13. The Bertz CT molecular complexity index is 375. The minimum Gasteiger partial charge on any atom is -0.324 e. The minimum atomic E-state index is 0.146. The second-order valence-corrected chi connectivity index (χ2v) is 5.43. The van der Waals surface area contributed by atoms with Crippen molar-refractivity contribution in [2.45, 2.75) is 65.5 Å². The molecule has 96 valence electrons. The molecule has 0 aromatic carbocycles. The van der Waals surface area contributed by atoms with E-state index in [4.69, 9.17) is 5.73 Å². The van der Waals surface area contributed by atoms with Crippen molar-refractivity contribution in [3.05, 3.63) is 17.0 Å². The summed E-state index contributed by atoms with van der Waals surface area (Å²) < 4.78 is 2.19. The fourth-order valence-electron chi connectivity index (χ4n) is 3.07. The Morgan fingerprint density at radius 3 is 2.59 bits per heavy atom. The van der Waals surface area contributed by atoms with Crippen molar-refractivity contribution in [2.24, 2.45) is 11.7 Å². The fraction of sp³-hybridized carbons (Fsp3) is 0.786. The number of rotatable bonds is 4. The molecule has 0 aliphatic heterocycles. The van der Waals surface area contributed by atoms with E-state index in [0.29, 0.717) is 0 Å². The van der Waals surface area contributed by atoms with Crippen LogP contribution in [0.1, 0.15) is 62.0 Å². The minimum absolute atomic E-state index is 0.146. The monoisotopic (exact) mass is 235 g/mol. The lowest BCUT2D eigenvalue weighted by molar-refractivity contribution is 0.421. The van der Waals surface area contributed by atoms with E-state index in [1.165, 1.54) is 36.9 Å². The van der Waals surface area contributed by atoms with Gasteiger partial charge in [0.1, 0.15) is 0 Å². The average Bonchev–Trinajstić information content (AvgIpc) is 2.89. The third-order valence-electron chi connectivity index (χ3n) is 4.15. The van der Waals surface area contributed by atoms with Crippen molar-refractivity contribution in [3.8, 4) is 0 Å².